The number of rotatable bonds is 13. The minimum Gasteiger partial charge on any atom is -0.446 e. The number of nitrogens with two attached hydrogens (primary N) is 1. The molecule has 17 atom stereocenters. The van der Waals surface area contributed by atoms with Gasteiger partial charge in [0.15, 0.2) is 12.6 Å². The van der Waals surface area contributed by atoms with Gasteiger partial charge in [-0.2, -0.15) is 0 Å². The molecule has 0 spiro atoms. The highest BCUT2D eigenvalue weighted by molar-refractivity contribution is 5.82. The van der Waals surface area contributed by atoms with Crippen molar-refractivity contribution in [3.63, 3.8) is 0 Å². The molecular formula is C46H70N2O13. The number of benzene rings is 1. The Hall–Kier alpha value is -2.54. The maximum absolute atomic E-state index is 14.0. The Morgan fingerprint density at radius 2 is 1.56 bits per heavy atom. The standard InChI is InChI=1S/C46H70N2O13/c1-24(2)6-13-33(49)25(3)46(56)36(60-42-39(54)40(35(51)23-58-42)61-41-38(53)37(52)34(50)22-57-41)19-32-30-12-11-28-18-29(14-16-44(28,4)31(30)15-17-45(32,46)5)59-43(55)48-21-27-9-7-26(20-47)8-10-27/h7-11,24-25,29-32,34-42,50-54,56H,6,12-23,47H2,1-5H3,(H,48,55)/t25-,29+,30-,31?,32+,34?,35?,36+,37?,38?,39?,40?,41?,42?,44+,45+,46-/m1/s1. The Kier molecular flexibility index (Phi) is 14.1. The highest BCUT2D eigenvalue weighted by Crippen LogP contribution is 2.69. The van der Waals surface area contributed by atoms with Gasteiger partial charge in [0.05, 0.1) is 19.3 Å². The number of carbonyl (C=O) groups is 2. The van der Waals surface area contributed by atoms with Crippen LogP contribution in [0.5, 0.6) is 0 Å². The topological polar surface area (TPSA) is 240 Å². The molecule has 2 saturated heterocycles. The SMILES string of the molecule is CC(C)CCC(=O)[C@@H](C)[C@@]1(O)[C@@H](OC2OCC(O)C(OC3OCC(O)C(O)C3O)C2O)C[C@H]2[C@@H]3CC=C4C[C@@H](OC(=O)NCc5ccc(CN)cc5)CC[C@]4(C)C3CC[C@@]21C. The third-order valence-electron chi connectivity index (χ3n) is 15.9. The van der Waals surface area contributed by atoms with Crippen LogP contribution in [0.25, 0.3) is 0 Å². The number of fused-ring (bicyclic) bond motifs is 5. The summed E-state index contributed by atoms with van der Waals surface area (Å²) in [5.74, 6) is -0.152. The van der Waals surface area contributed by atoms with Gasteiger partial charge in [0.2, 0.25) is 0 Å². The Morgan fingerprint density at radius 3 is 2.25 bits per heavy atom. The summed E-state index contributed by atoms with van der Waals surface area (Å²) in [5.41, 5.74) is 6.49. The summed E-state index contributed by atoms with van der Waals surface area (Å²) in [6, 6.07) is 7.79. The average molecular weight is 859 g/mol. The second kappa shape index (κ2) is 18.5. The molecule has 342 valence electrons. The monoisotopic (exact) mass is 858 g/mol. The van der Waals surface area contributed by atoms with Crippen LogP contribution in [0.3, 0.4) is 0 Å². The minimum atomic E-state index is -1.65. The zero-order valence-corrected chi connectivity index (χ0v) is 36.4. The van der Waals surface area contributed by atoms with Crippen molar-refractivity contribution in [2.24, 2.45) is 46.2 Å². The number of aliphatic hydroxyl groups excluding tert-OH is 5. The summed E-state index contributed by atoms with van der Waals surface area (Å²) in [6.45, 7) is 10.5. The van der Waals surface area contributed by atoms with E-state index in [0.717, 1.165) is 36.8 Å². The van der Waals surface area contributed by atoms with Crippen molar-refractivity contribution in [3.05, 3.63) is 47.0 Å². The number of carbonyl (C=O) groups excluding carboxylic acids is 2. The number of hydrogen-bond donors (Lipinski definition) is 8. The van der Waals surface area contributed by atoms with Crippen LogP contribution in [0.15, 0.2) is 35.9 Å². The van der Waals surface area contributed by atoms with Gasteiger partial charge < -0.3 is 65.4 Å². The molecule has 0 bridgehead atoms. The van der Waals surface area contributed by atoms with Gasteiger partial charge in [-0.1, -0.05) is 70.5 Å². The van der Waals surface area contributed by atoms with Gasteiger partial charge in [-0.3, -0.25) is 4.79 Å². The van der Waals surface area contributed by atoms with Crippen molar-refractivity contribution in [1.82, 2.24) is 5.32 Å². The quantitative estimate of drug-likeness (QED) is 0.133. The molecule has 0 radical (unpaired) electrons. The summed E-state index contributed by atoms with van der Waals surface area (Å²) in [5, 5.41) is 69.4. The number of nitrogens with one attached hydrogen (secondary N) is 1. The molecule has 6 aliphatic rings. The molecule has 15 heteroatoms. The first kappa shape index (κ1) is 46.5. The second-order valence-corrected chi connectivity index (χ2v) is 19.8. The zero-order valence-electron chi connectivity index (χ0n) is 36.4. The van der Waals surface area contributed by atoms with Gasteiger partial charge in [0.1, 0.15) is 54.1 Å². The lowest BCUT2D eigenvalue weighted by Gasteiger charge is -2.59. The maximum Gasteiger partial charge on any atom is 0.407 e. The Morgan fingerprint density at radius 1 is 0.885 bits per heavy atom. The van der Waals surface area contributed by atoms with Crippen LogP contribution in [0.1, 0.15) is 104 Å². The molecule has 1 amide bonds. The van der Waals surface area contributed by atoms with Crippen molar-refractivity contribution in [1.29, 1.82) is 0 Å². The van der Waals surface area contributed by atoms with Gasteiger partial charge in [0, 0.05) is 37.3 Å². The van der Waals surface area contributed by atoms with Gasteiger partial charge in [0.25, 0.3) is 0 Å². The summed E-state index contributed by atoms with van der Waals surface area (Å²) in [6.07, 6.45) is -5.13. The van der Waals surface area contributed by atoms with Crippen LogP contribution in [0.4, 0.5) is 4.79 Å². The average Bonchev–Trinajstić information content (AvgIpc) is 3.47. The first-order valence-corrected chi connectivity index (χ1v) is 22.5. The molecule has 1 aromatic carbocycles. The predicted molar refractivity (Wildman–Crippen MR) is 221 cm³/mol. The van der Waals surface area contributed by atoms with Crippen molar-refractivity contribution in [2.75, 3.05) is 13.2 Å². The largest absolute Gasteiger partial charge is 0.446 e. The number of aliphatic hydroxyl groups is 6. The van der Waals surface area contributed by atoms with Crippen molar-refractivity contribution in [3.8, 4) is 0 Å². The third-order valence-corrected chi connectivity index (χ3v) is 15.9. The Balaban J connectivity index is 1.08. The van der Waals surface area contributed by atoms with E-state index in [1.165, 1.54) is 5.57 Å². The molecule has 9 N–H and O–H groups in total. The summed E-state index contributed by atoms with van der Waals surface area (Å²) in [4.78, 5) is 27.0. The van der Waals surface area contributed by atoms with Gasteiger partial charge in [-0.25, -0.2) is 4.79 Å². The number of amides is 1. The molecule has 2 heterocycles. The molecule has 0 aromatic heterocycles. The first-order chi connectivity index (χ1) is 28.9. The molecule has 3 saturated carbocycles. The second-order valence-electron chi connectivity index (χ2n) is 19.8. The summed E-state index contributed by atoms with van der Waals surface area (Å²) in [7, 11) is 0. The number of alkyl carbamates (subject to hydrolysis) is 1. The lowest BCUT2D eigenvalue weighted by molar-refractivity contribution is -0.344. The van der Waals surface area contributed by atoms with Crippen molar-refractivity contribution >= 4 is 11.9 Å². The van der Waals surface area contributed by atoms with Gasteiger partial charge in [-0.15, -0.1) is 0 Å². The van der Waals surface area contributed by atoms with Crippen LogP contribution in [-0.4, -0.2) is 123 Å². The Labute approximate surface area is 359 Å². The van der Waals surface area contributed by atoms with E-state index >= 15 is 0 Å². The van der Waals surface area contributed by atoms with E-state index < -0.39 is 78.3 Å². The zero-order chi connectivity index (χ0) is 44.0. The molecule has 7 rings (SSSR count). The molecule has 1 aromatic rings. The van der Waals surface area contributed by atoms with E-state index in [0.29, 0.717) is 51.1 Å². The van der Waals surface area contributed by atoms with E-state index in [2.05, 4.69) is 39.1 Å². The van der Waals surface area contributed by atoms with E-state index in [9.17, 15) is 40.2 Å². The van der Waals surface area contributed by atoms with Crippen LogP contribution in [0, 0.1) is 40.4 Å². The van der Waals surface area contributed by atoms with Crippen LogP contribution < -0.4 is 11.1 Å². The molecule has 5 fully saturated rings. The van der Waals surface area contributed by atoms with Crippen molar-refractivity contribution in [2.45, 2.75) is 173 Å². The predicted octanol–water partition coefficient (Wildman–Crippen LogP) is 2.97. The first-order valence-electron chi connectivity index (χ1n) is 22.5. The normalized spacial score (nSPS) is 42.8. The summed E-state index contributed by atoms with van der Waals surface area (Å²) < 4.78 is 29.7. The number of ether oxygens (including phenoxy) is 5. The number of ketones is 1. The number of hydrogen-bond acceptors (Lipinski definition) is 14. The van der Waals surface area contributed by atoms with Gasteiger partial charge in [-0.05, 0) is 85.2 Å². The van der Waals surface area contributed by atoms with Gasteiger partial charge >= 0.3 is 6.09 Å². The fraction of sp³-hybridized carbons (Fsp3) is 0.783. The smallest absolute Gasteiger partial charge is 0.407 e. The maximum atomic E-state index is 14.0. The number of Topliss-reactive ketones (excluding diaryl/α,β-unsaturated/α-hetero) is 1. The van der Waals surface area contributed by atoms with E-state index in [-0.39, 0.29) is 48.3 Å². The highest BCUT2D eigenvalue weighted by atomic mass is 16.7. The fourth-order valence-corrected chi connectivity index (χ4v) is 12.0. The van der Waals surface area contributed by atoms with E-state index in [4.69, 9.17) is 29.4 Å². The van der Waals surface area contributed by atoms with Crippen LogP contribution in [-0.2, 0) is 41.6 Å². The highest BCUT2D eigenvalue weighted by Gasteiger charge is 2.70. The minimum absolute atomic E-state index is 0.0491. The molecule has 15 nitrogen and oxygen atoms in total. The summed E-state index contributed by atoms with van der Waals surface area (Å²) >= 11 is 0. The van der Waals surface area contributed by atoms with E-state index in [1.807, 2.05) is 24.3 Å². The fourth-order valence-electron chi connectivity index (χ4n) is 12.0. The molecular weight excluding hydrogens is 789 g/mol. The lowest BCUT2D eigenvalue weighted by atomic mass is 9.46. The van der Waals surface area contributed by atoms with E-state index in [1.54, 1.807) is 6.92 Å². The van der Waals surface area contributed by atoms with Crippen LogP contribution >= 0.6 is 0 Å². The molecule has 2 aliphatic heterocycles. The molecule has 4 aliphatic carbocycles. The lowest BCUT2D eigenvalue weighted by Crippen LogP contribution is -2.63. The number of allylic oxidation sites excluding steroid dienone is 1. The Bertz CT molecular complexity index is 1730. The van der Waals surface area contributed by atoms with Crippen LogP contribution in [0.2, 0.25) is 0 Å². The third kappa shape index (κ3) is 8.83. The van der Waals surface area contributed by atoms with Crippen molar-refractivity contribution < 1.29 is 63.9 Å². The molecule has 9 unspecified atom stereocenters. The molecule has 61 heavy (non-hydrogen) atoms.